The smallest absolute Gasteiger partial charge is 0.320 e. The van der Waals surface area contributed by atoms with Crippen LogP contribution in [-0.2, 0) is 11.1 Å². The van der Waals surface area contributed by atoms with Gasteiger partial charge in [-0.1, -0.05) is 0 Å². The van der Waals surface area contributed by atoms with Crippen molar-refractivity contribution in [1.29, 1.82) is 0 Å². The van der Waals surface area contributed by atoms with Gasteiger partial charge in [0.25, 0.3) is 0 Å². The first-order valence-electron chi connectivity index (χ1n) is 5.66. The second kappa shape index (κ2) is 5.59. The van der Waals surface area contributed by atoms with Crippen LogP contribution >= 0.6 is 0 Å². The average molecular weight is 272 g/mol. The van der Waals surface area contributed by atoms with Gasteiger partial charge < -0.3 is 9.45 Å². The van der Waals surface area contributed by atoms with Crippen LogP contribution in [-0.4, -0.2) is 66.4 Å². The molecule has 0 bridgehead atoms. The van der Waals surface area contributed by atoms with E-state index in [9.17, 15) is 9.00 Å². The maximum Gasteiger partial charge on any atom is 0.344 e. The molecule has 100 valence electrons. The number of carbonyl (C=O) groups excluding carboxylic acids is 1. The first-order chi connectivity index (χ1) is 8.56. The third kappa shape index (κ3) is 3.15. The molecule has 1 aromatic heterocycles. The zero-order valence-electron chi connectivity index (χ0n) is 10.2. The van der Waals surface area contributed by atoms with Crippen LogP contribution in [0.15, 0.2) is 12.4 Å². The number of rotatable bonds is 2. The standard InChI is InChI=1S/C10H16N4O3S/c1-9-6-11-14(7-9)10(15)13-4-2-12(3-5-13)8-18(16)17/h6-7H,2-5,8H2,1H3,(H,16,17). The van der Waals surface area contributed by atoms with Gasteiger partial charge >= 0.3 is 6.03 Å². The normalized spacial score (nSPS) is 18.9. The second-order valence-corrected chi connectivity index (χ2v) is 5.20. The van der Waals surface area contributed by atoms with Crippen molar-refractivity contribution in [3.8, 4) is 0 Å². The molecule has 2 rings (SSSR count). The van der Waals surface area contributed by atoms with Crippen molar-refractivity contribution in [2.24, 2.45) is 0 Å². The lowest BCUT2D eigenvalue weighted by atomic mass is 10.3. The molecule has 1 fully saturated rings. The Morgan fingerprint density at radius 3 is 2.61 bits per heavy atom. The van der Waals surface area contributed by atoms with Crippen LogP contribution in [0.1, 0.15) is 5.56 Å². The summed E-state index contributed by atoms with van der Waals surface area (Å²) in [4.78, 5) is 15.6. The molecule has 1 unspecified atom stereocenters. The monoisotopic (exact) mass is 272 g/mol. The molecule has 8 heteroatoms. The van der Waals surface area contributed by atoms with Gasteiger partial charge in [-0.15, -0.1) is 0 Å². The minimum Gasteiger partial charge on any atom is -0.320 e. The van der Waals surface area contributed by atoms with Crippen molar-refractivity contribution in [2.75, 3.05) is 32.1 Å². The number of hydrogen-bond acceptors (Lipinski definition) is 4. The predicted molar refractivity (Wildman–Crippen MR) is 66.5 cm³/mol. The van der Waals surface area contributed by atoms with E-state index in [1.807, 2.05) is 11.8 Å². The summed E-state index contributed by atoms with van der Waals surface area (Å²) in [6, 6.07) is -0.145. The molecule has 0 radical (unpaired) electrons. The van der Waals surface area contributed by atoms with E-state index in [1.54, 1.807) is 17.3 Å². The van der Waals surface area contributed by atoms with Crippen molar-refractivity contribution < 1.29 is 13.6 Å². The predicted octanol–water partition coefficient (Wildman–Crippen LogP) is -0.0436. The summed E-state index contributed by atoms with van der Waals surface area (Å²) in [5.74, 6) is 0.142. The molecule has 0 aromatic carbocycles. The highest BCUT2D eigenvalue weighted by atomic mass is 32.2. The summed E-state index contributed by atoms with van der Waals surface area (Å²) in [6.45, 7) is 4.20. The van der Waals surface area contributed by atoms with E-state index in [2.05, 4.69) is 5.10 Å². The van der Waals surface area contributed by atoms with Crippen LogP contribution in [0.25, 0.3) is 0 Å². The van der Waals surface area contributed by atoms with E-state index in [4.69, 9.17) is 4.55 Å². The fourth-order valence-corrected chi connectivity index (χ4v) is 2.46. The van der Waals surface area contributed by atoms with Crippen molar-refractivity contribution in [1.82, 2.24) is 19.6 Å². The van der Waals surface area contributed by atoms with Gasteiger partial charge in [-0.05, 0) is 12.5 Å². The lowest BCUT2D eigenvalue weighted by Crippen LogP contribution is -2.50. The van der Waals surface area contributed by atoms with Crippen LogP contribution in [0.2, 0.25) is 0 Å². The molecule has 1 atom stereocenters. The quantitative estimate of drug-likeness (QED) is 0.764. The molecule has 2 heterocycles. The van der Waals surface area contributed by atoms with E-state index in [-0.39, 0.29) is 11.9 Å². The number of piperazine rings is 1. The van der Waals surface area contributed by atoms with E-state index >= 15 is 0 Å². The number of nitrogens with zero attached hydrogens (tertiary/aromatic N) is 4. The highest BCUT2D eigenvalue weighted by Crippen LogP contribution is 2.05. The first kappa shape index (κ1) is 13.2. The lowest BCUT2D eigenvalue weighted by molar-refractivity contribution is 0.149. The maximum atomic E-state index is 12.0. The lowest BCUT2D eigenvalue weighted by Gasteiger charge is -2.33. The number of amides is 1. The third-order valence-corrected chi connectivity index (χ3v) is 3.43. The van der Waals surface area contributed by atoms with Gasteiger partial charge in [-0.2, -0.15) is 9.78 Å². The van der Waals surface area contributed by atoms with Gasteiger partial charge in [0.2, 0.25) is 0 Å². The highest BCUT2D eigenvalue weighted by molar-refractivity contribution is 7.79. The Labute approximate surface area is 108 Å². The summed E-state index contributed by atoms with van der Waals surface area (Å²) in [5, 5.41) is 3.98. The van der Waals surface area contributed by atoms with Crippen molar-refractivity contribution in [3.05, 3.63) is 18.0 Å². The van der Waals surface area contributed by atoms with Gasteiger partial charge in [0.15, 0.2) is 11.1 Å². The van der Waals surface area contributed by atoms with Crippen LogP contribution in [0.5, 0.6) is 0 Å². The maximum absolute atomic E-state index is 12.0. The van der Waals surface area contributed by atoms with Crippen molar-refractivity contribution in [3.63, 3.8) is 0 Å². The average Bonchev–Trinajstić information content (AvgIpc) is 2.75. The largest absolute Gasteiger partial charge is 0.344 e. The summed E-state index contributed by atoms with van der Waals surface area (Å²) >= 11 is -1.81. The number of carbonyl (C=O) groups is 1. The van der Waals surface area contributed by atoms with Crippen molar-refractivity contribution in [2.45, 2.75) is 6.92 Å². The molecule has 0 spiro atoms. The van der Waals surface area contributed by atoms with Crippen molar-refractivity contribution >= 4 is 17.1 Å². The number of aryl methyl sites for hydroxylation is 1. The van der Waals surface area contributed by atoms with E-state index in [1.165, 1.54) is 4.68 Å². The highest BCUT2D eigenvalue weighted by Gasteiger charge is 2.23. The number of aromatic nitrogens is 2. The van der Waals surface area contributed by atoms with Crippen LogP contribution in [0, 0.1) is 6.92 Å². The van der Waals surface area contributed by atoms with E-state index < -0.39 is 11.1 Å². The van der Waals surface area contributed by atoms with Gasteiger partial charge in [0, 0.05) is 32.4 Å². The Kier molecular flexibility index (Phi) is 4.10. The topological polar surface area (TPSA) is 78.7 Å². The summed E-state index contributed by atoms with van der Waals surface area (Å²) in [6.07, 6.45) is 3.33. The fraction of sp³-hybridized carbons (Fsp3) is 0.600. The summed E-state index contributed by atoms with van der Waals surface area (Å²) < 4.78 is 20.8. The first-order valence-corrected chi connectivity index (χ1v) is 6.94. The van der Waals surface area contributed by atoms with E-state index in [0.717, 1.165) is 5.56 Å². The minimum atomic E-state index is -1.81. The molecule has 7 nitrogen and oxygen atoms in total. The Balaban J connectivity index is 1.90. The van der Waals surface area contributed by atoms with Crippen LogP contribution in [0.4, 0.5) is 4.79 Å². The molecule has 1 aromatic rings. The zero-order chi connectivity index (χ0) is 13.1. The second-order valence-electron chi connectivity index (χ2n) is 4.30. The third-order valence-electron chi connectivity index (χ3n) is 2.84. The molecule has 1 amide bonds. The van der Waals surface area contributed by atoms with E-state index in [0.29, 0.717) is 26.2 Å². The number of hydrogen-bond donors (Lipinski definition) is 1. The molecule has 1 N–H and O–H groups in total. The molecule has 1 saturated heterocycles. The zero-order valence-corrected chi connectivity index (χ0v) is 11.0. The fourth-order valence-electron chi connectivity index (χ4n) is 1.89. The van der Waals surface area contributed by atoms with Crippen LogP contribution in [0.3, 0.4) is 0 Å². The molecule has 1 aliphatic heterocycles. The Bertz CT molecular complexity index is 454. The Morgan fingerprint density at radius 2 is 2.11 bits per heavy atom. The van der Waals surface area contributed by atoms with Gasteiger partial charge in [0.1, 0.15) is 5.88 Å². The SMILES string of the molecule is Cc1cnn(C(=O)N2CCN(CS(=O)O)CC2)c1. The van der Waals surface area contributed by atoms with Gasteiger partial charge in [-0.25, -0.2) is 9.00 Å². The molecule has 0 saturated carbocycles. The van der Waals surface area contributed by atoms with Gasteiger partial charge in [-0.3, -0.25) is 4.90 Å². The molecule has 1 aliphatic rings. The Hall–Kier alpha value is -1.25. The molecule has 0 aliphatic carbocycles. The minimum absolute atomic E-state index is 0.142. The summed E-state index contributed by atoms with van der Waals surface area (Å²) in [7, 11) is 0. The summed E-state index contributed by atoms with van der Waals surface area (Å²) in [5.41, 5.74) is 0.942. The molecule has 18 heavy (non-hydrogen) atoms. The van der Waals surface area contributed by atoms with Gasteiger partial charge in [0.05, 0.1) is 6.20 Å². The van der Waals surface area contributed by atoms with Crippen LogP contribution < -0.4 is 0 Å². The Morgan fingerprint density at radius 1 is 1.44 bits per heavy atom. The molecular weight excluding hydrogens is 256 g/mol. The molecular formula is C10H16N4O3S.